The van der Waals surface area contributed by atoms with Crippen LogP contribution in [0.1, 0.15) is 26.5 Å². The quantitative estimate of drug-likeness (QED) is 0.645. The van der Waals surface area contributed by atoms with Crippen LogP contribution in [0, 0.1) is 0 Å². The van der Waals surface area contributed by atoms with Crippen LogP contribution in [0.15, 0.2) is 17.4 Å². The topological polar surface area (TPSA) is 83.8 Å². The van der Waals surface area contributed by atoms with Gasteiger partial charge in [-0.25, -0.2) is 4.79 Å². The molecule has 1 aromatic heterocycles. The van der Waals surface area contributed by atoms with E-state index >= 15 is 0 Å². The van der Waals surface area contributed by atoms with Crippen LogP contribution in [0.2, 0.25) is 10.0 Å². The number of nitrogens with one attached hydrogen (secondary N) is 1. The highest BCUT2D eigenvalue weighted by atomic mass is 35.5. The second-order valence-corrected chi connectivity index (χ2v) is 5.13. The molecule has 20 heavy (non-hydrogen) atoms. The number of halogens is 2. The Morgan fingerprint density at radius 2 is 2.10 bits per heavy atom. The third-order valence-electron chi connectivity index (χ3n) is 2.16. The van der Waals surface area contributed by atoms with E-state index in [-0.39, 0.29) is 16.8 Å². The zero-order valence-electron chi connectivity index (χ0n) is 11.2. The summed E-state index contributed by atoms with van der Waals surface area (Å²) in [6.07, 6.45) is 0.0640. The van der Waals surface area contributed by atoms with Crippen LogP contribution in [0.5, 0.6) is 0 Å². The number of oxime groups is 1. The second kappa shape index (κ2) is 7.31. The van der Waals surface area contributed by atoms with E-state index in [2.05, 4.69) is 15.5 Å². The molecule has 0 spiro atoms. The molecular formula is C12H15Cl2N3O3. The maximum absolute atomic E-state index is 10.7. The Labute approximate surface area is 126 Å². The van der Waals surface area contributed by atoms with E-state index in [0.717, 1.165) is 0 Å². The molecule has 0 saturated heterocycles. The predicted octanol–water partition coefficient (Wildman–Crippen LogP) is 3.17. The minimum absolute atomic E-state index is 0.159. The first-order valence-electron chi connectivity index (χ1n) is 5.85. The Bertz CT molecular complexity index is 521. The first-order chi connectivity index (χ1) is 9.31. The van der Waals surface area contributed by atoms with E-state index in [0.29, 0.717) is 10.7 Å². The number of hydrogen-bond acceptors (Lipinski definition) is 4. The minimum atomic E-state index is -1.18. The fraction of sp³-hybridized carbons (Fsp3) is 0.417. The minimum Gasteiger partial charge on any atom is -0.465 e. The monoisotopic (exact) mass is 319 g/mol. The van der Waals surface area contributed by atoms with E-state index < -0.39 is 12.1 Å². The molecule has 0 fully saturated rings. The zero-order valence-corrected chi connectivity index (χ0v) is 12.7. The SMILES string of the molecule is CC(C)ON=C(c1ncc(Cl)cc1Cl)[C@H](C)NC(=O)O. The van der Waals surface area contributed by atoms with Crippen LogP contribution >= 0.6 is 23.2 Å². The van der Waals surface area contributed by atoms with Gasteiger partial charge in [-0.15, -0.1) is 0 Å². The van der Waals surface area contributed by atoms with Gasteiger partial charge in [0.1, 0.15) is 17.5 Å². The molecule has 1 aromatic rings. The van der Waals surface area contributed by atoms with Gasteiger partial charge in [-0.1, -0.05) is 28.4 Å². The van der Waals surface area contributed by atoms with Crippen molar-refractivity contribution in [2.75, 3.05) is 0 Å². The van der Waals surface area contributed by atoms with Crippen LogP contribution in [0.4, 0.5) is 4.79 Å². The Morgan fingerprint density at radius 3 is 2.60 bits per heavy atom. The summed E-state index contributed by atoms with van der Waals surface area (Å²) < 4.78 is 0. The molecule has 6 nitrogen and oxygen atoms in total. The molecular weight excluding hydrogens is 305 g/mol. The van der Waals surface area contributed by atoms with E-state index in [1.165, 1.54) is 12.3 Å². The third-order valence-corrected chi connectivity index (χ3v) is 2.66. The van der Waals surface area contributed by atoms with E-state index in [1.807, 2.05) is 0 Å². The molecule has 2 N–H and O–H groups in total. The summed E-state index contributed by atoms with van der Waals surface area (Å²) >= 11 is 11.8. The van der Waals surface area contributed by atoms with Crippen molar-refractivity contribution in [3.8, 4) is 0 Å². The van der Waals surface area contributed by atoms with Crippen molar-refractivity contribution in [2.45, 2.75) is 32.9 Å². The molecule has 0 unspecified atom stereocenters. The standard InChI is InChI=1S/C12H15Cl2N3O3/c1-6(2)20-17-10(7(3)16-12(18)19)11-9(14)4-8(13)5-15-11/h4-7,16H,1-3H3,(H,18,19)/t7-/m0/s1. The lowest BCUT2D eigenvalue weighted by Gasteiger charge is -2.15. The van der Waals surface area contributed by atoms with E-state index in [4.69, 9.17) is 33.1 Å². The van der Waals surface area contributed by atoms with Gasteiger partial charge in [0.05, 0.1) is 16.1 Å². The van der Waals surface area contributed by atoms with Gasteiger partial charge < -0.3 is 15.3 Å². The number of nitrogens with zero attached hydrogens (tertiary/aromatic N) is 2. The maximum atomic E-state index is 10.7. The highest BCUT2D eigenvalue weighted by molar-refractivity contribution is 6.36. The fourth-order valence-electron chi connectivity index (χ4n) is 1.35. The van der Waals surface area contributed by atoms with Crippen LogP contribution in [0.25, 0.3) is 0 Å². The number of amides is 1. The molecule has 0 radical (unpaired) electrons. The number of aromatic nitrogens is 1. The molecule has 0 bridgehead atoms. The predicted molar refractivity (Wildman–Crippen MR) is 77.6 cm³/mol. The van der Waals surface area contributed by atoms with Crippen LogP contribution in [-0.2, 0) is 4.84 Å². The van der Waals surface area contributed by atoms with Crippen molar-refractivity contribution >= 4 is 35.0 Å². The summed E-state index contributed by atoms with van der Waals surface area (Å²) in [5.41, 5.74) is 0.598. The average Bonchev–Trinajstić information content (AvgIpc) is 2.30. The van der Waals surface area contributed by atoms with Gasteiger partial charge in [-0.3, -0.25) is 4.98 Å². The van der Waals surface area contributed by atoms with Gasteiger partial charge >= 0.3 is 6.09 Å². The summed E-state index contributed by atoms with van der Waals surface area (Å²) in [6, 6.07) is 0.863. The Hall–Kier alpha value is -1.53. The molecule has 0 saturated carbocycles. The maximum Gasteiger partial charge on any atom is 0.405 e. The van der Waals surface area contributed by atoms with Gasteiger partial charge in [0.2, 0.25) is 0 Å². The molecule has 0 aliphatic rings. The third kappa shape index (κ3) is 4.86. The fourth-order valence-corrected chi connectivity index (χ4v) is 1.82. The molecule has 1 heterocycles. The van der Waals surface area contributed by atoms with Crippen molar-refractivity contribution in [2.24, 2.45) is 5.16 Å². The molecule has 110 valence electrons. The zero-order chi connectivity index (χ0) is 15.3. The number of carbonyl (C=O) groups is 1. The number of hydrogen-bond donors (Lipinski definition) is 2. The van der Waals surface area contributed by atoms with Gasteiger partial charge in [0, 0.05) is 6.20 Å². The van der Waals surface area contributed by atoms with E-state index in [1.54, 1.807) is 20.8 Å². The van der Waals surface area contributed by atoms with Crippen molar-refractivity contribution in [1.82, 2.24) is 10.3 Å². The summed E-state index contributed by atoms with van der Waals surface area (Å²) in [7, 11) is 0. The molecule has 0 aromatic carbocycles. The van der Waals surface area contributed by atoms with Gasteiger partial charge in [0.25, 0.3) is 0 Å². The van der Waals surface area contributed by atoms with Crippen LogP contribution in [0.3, 0.4) is 0 Å². The van der Waals surface area contributed by atoms with E-state index in [9.17, 15) is 4.79 Å². The molecule has 1 amide bonds. The first kappa shape index (κ1) is 16.5. The Morgan fingerprint density at radius 1 is 1.45 bits per heavy atom. The molecule has 0 aliphatic carbocycles. The van der Waals surface area contributed by atoms with Gasteiger partial charge in [-0.05, 0) is 26.8 Å². The summed E-state index contributed by atoms with van der Waals surface area (Å²) in [6.45, 7) is 5.21. The first-order valence-corrected chi connectivity index (χ1v) is 6.61. The largest absolute Gasteiger partial charge is 0.465 e. The molecule has 0 aliphatic heterocycles. The average molecular weight is 320 g/mol. The van der Waals surface area contributed by atoms with Crippen molar-refractivity contribution in [3.05, 3.63) is 28.0 Å². The van der Waals surface area contributed by atoms with Crippen molar-refractivity contribution < 1.29 is 14.7 Å². The Kier molecular flexibility index (Phi) is 6.04. The summed E-state index contributed by atoms with van der Waals surface area (Å²) in [4.78, 5) is 20.0. The lowest BCUT2D eigenvalue weighted by atomic mass is 10.1. The van der Waals surface area contributed by atoms with Gasteiger partial charge in [-0.2, -0.15) is 0 Å². The smallest absolute Gasteiger partial charge is 0.405 e. The second-order valence-electron chi connectivity index (χ2n) is 4.29. The molecule has 8 heteroatoms. The highest BCUT2D eigenvalue weighted by Crippen LogP contribution is 2.20. The number of carboxylic acid groups (broad SMARTS) is 1. The normalized spacial score (nSPS) is 13.2. The number of rotatable bonds is 5. The lowest BCUT2D eigenvalue weighted by molar-refractivity contribution is 0.0852. The Balaban J connectivity index is 3.15. The van der Waals surface area contributed by atoms with Crippen LogP contribution < -0.4 is 5.32 Å². The molecule has 1 atom stereocenters. The van der Waals surface area contributed by atoms with Crippen LogP contribution in [-0.4, -0.2) is 34.0 Å². The van der Waals surface area contributed by atoms with Gasteiger partial charge in [0.15, 0.2) is 0 Å². The summed E-state index contributed by atoms with van der Waals surface area (Å²) in [5.74, 6) is 0. The number of pyridine rings is 1. The summed E-state index contributed by atoms with van der Waals surface area (Å²) in [5, 5.41) is 15.7. The highest BCUT2D eigenvalue weighted by Gasteiger charge is 2.20. The van der Waals surface area contributed by atoms with Crippen molar-refractivity contribution in [1.29, 1.82) is 0 Å². The van der Waals surface area contributed by atoms with Crippen molar-refractivity contribution in [3.63, 3.8) is 0 Å². The molecule has 1 rings (SSSR count). The lowest BCUT2D eigenvalue weighted by Crippen LogP contribution is -2.38.